The number of thioether (sulfide) groups is 1. The van der Waals surface area contributed by atoms with Crippen molar-refractivity contribution in [3.8, 4) is 0 Å². The van der Waals surface area contributed by atoms with Crippen LogP contribution >= 0.6 is 34.4 Å². The molecule has 27 heavy (non-hydrogen) atoms. The molecule has 0 atom stereocenters. The predicted molar refractivity (Wildman–Crippen MR) is 111 cm³/mol. The van der Waals surface area contributed by atoms with Crippen molar-refractivity contribution in [1.82, 2.24) is 4.98 Å². The minimum absolute atomic E-state index is 0.136. The van der Waals surface area contributed by atoms with Gasteiger partial charge in [-0.2, -0.15) is 0 Å². The number of aryl methyl sites for hydroxylation is 1. The number of hydrogen-bond donors (Lipinski definition) is 1. The third-order valence-electron chi connectivity index (χ3n) is 4.41. The number of para-hydroxylation sites is 1. The molecule has 0 aliphatic heterocycles. The Morgan fingerprint density at radius 2 is 2.04 bits per heavy atom. The number of esters is 1. The van der Waals surface area contributed by atoms with Gasteiger partial charge in [0.1, 0.15) is 5.00 Å². The summed E-state index contributed by atoms with van der Waals surface area (Å²) < 4.78 is 6.93. The van der Waals surface area contributed by atoms with Crippen molar-refractivity contribution < 1.29 is 14.3 Å². The van der Waals surface area contributed by atoms with Crippen LogP contribution in [-0.2, 0) is 22.4 Å². The lowest BCUT2D eigenvalue weighted by atomic mass is 9.95. The Hall–Kier alpha value is -1.90. The summed E-state index contributed by atoms with van der Waals surface area (Å²) in [5.41, 5.74) is 2.53. The van der Waals surface area contributed by atoms with E-state index in [1.165, 1.54) is 35.1 Å². The molecule has 4 rings (SSSR count). The number of nitrogens with one attached hydrogen (secondary N) is 1. The SMILES string of the molecule is COC(=O)c1c(NC(=O)CSc2nc3ccccc3s2)sc2c1CCCC2. The van der Waals surface area contributed by atoms with Crippen LogP contribution in [0.4, 0.5) is 5.00 Å². The first-order chi connectivity index (χ1) is 13.2. The third kappa shape index (κ3) is 3.88. The first-order valence-corrected chi connectivity index (χ1v) is 11.3. The molecule has 0 spiro atoms. The number of thiophene rings is 1. The zero-order valence-electron chi connectivity index (χ0n) is 14.7. The molecule has 1 aliphatic rings. The van der Waals surface area contributed by atoms with Gasteiger partial charge in [-0.3, -0.25) is 4.79 Å². The van der Waals surface area contributed by atoms with Crippen molar-refractivity contribution >= 4 is 61.5 Å². The number of carbonyl (C=O) groups excluding carboxylic acids is 2. The molecule has 0 saturated carbocycles. The molecule has 8 heteroatoms. The first kappa shape index (κ1) is 18.5. The summed E-state index contributed by atoms with van der Waals surface area (Å²) in [6.45, 7) is 0. The normalized spacial score (nSPS) is 13.4. The summed E-state index contributed by atoms with van der Waals surface area (Å²) in [5.74, 6) is -0.255. The number of anilines is 1. The lowest BCUT2D eigenvalue weighted by Crippen LogP contribution is -2.16. The number of rotatable bonds is 5. The molecule has 0 unspecified atom stereocenters. The Morgan fingerprint density at radius 3 is 2.85 bits per heavy atom. The van der Waals surface area contributed by atoms with Crippen molar-refractivity contribution in [2.75, 3.05) is 18.2 Å². The van der Waals surface area contributed by atoms with E-state index in [1.807, 2.05) is 24.3 Å². The van der Waals surface area contributed by atoms with Crippen molar-refractivity contribution in [3.63, 3.8) is 0 Å². The Balaban J connectivity index is 1.47. The van der Waals surface area contributed by atoms with E-state index in [0.29, 0.717) is 10.6 Å². The highest BCUT2D eigenvalue weighted by Gasteiger charge is 2.26. The Bertz CT molecular complexity index is 976. The number of aromatic nitrogens is 1. The fourth-order valence-corrected chi connectivity index (χ4v) is 6.34. The van der Waals surface area contributed by atoms with Crippen molar-refractivity contribution in [1.29, 1.82) is 0 Å². The third-order valence-corrected chi connectivity index (χ3v) is 7.80. The minimum atomic E-state index is -0.372. The van der Waals surface area contributed by atoms with Crippen LogP contribution in [-0.4, -0.2) is 29.7 Å². The molecule has 2 heterocycles. The average molecular weight is 419 g/mol. The number of ether oxygens (including phenoxy) is 1. The van der Waals surface area contributed by atoms with Crippen LogP contribution in [0.5, 0.6) is 0 Å². The number of hydrogen-bond acceptors (Lipinski definition) is 7. The maximum atomic E-state index is 12.5. The molecule has 0 saturated heterocycles. The molecule has 1 aliphatic carbocycles. The van der Waals surface area contributed by atoms with Crippen LogP contribution in [0.2, 0.25) is 0 Å². The van der Waals surface area contributed by atoms with Gasteiger partial charge in [0, 0.05) is 4.88 Å². The van der Waals surface area contributed by atoms with E-state index >= 15 is 0 Å². The highest BCUT2D eigenvalue weighted by atomic mass is 32.2. The molecule has 1 amide bonds. The largest absolute Gasteiger partial charge is 0.465 e. The van der Waals surface area contributed by atoms with Gasteiger partial charge in [0.05, 0.1) is 28.6 Å². The molecule has 3 aromatic rings. The van der Waals surface area contributed by atoms with Gasteiger partial charge < -0.3 is 10.1 Å². The summed E-state index contributed by atoms with van der Waals surface area (Å²) in [7, 11) is 1.38. The number of nitrogens with zero attached hydrogens (tertiary/aromatic N) is 1. The molecule has 0 fully saturated rings. The summed E-state index contributed by atoms with van der Waals surface area (Å²) in [4.78, 5) is 30.4. The molecular weight excluding hydrogens is 400 g/mol. The molecule has 5 nitrogen and oxygen atoms in total. The number of carbonyl (C=O) groups is 2. The number of thiazole rings is 1. The molecule has 1 N–H and O–H groups in total. The van der Waals surface area contributed by atoms with Crippen LogP contribution in [0.1, 0.15) is 33.6 Å². The lowest BCUT2D eigenvalue weighted by Gasteiger charge is -2.11. The van der Waals surface area contributed by atoms with Gasteiger partial charge in [0.15, 0.2) is 4.34 Å². The predicted octanol–water partition coefficient (Wildman–Crippen LogP) is 4.75. The van der Waals surface area contributed by atoms with E-state index in [0.717, 1.165) is 45.8 Å². The zero-order chi connectivity index (χ0) is 18.8. The quantitative estimate of drug-likeness (QED) is 0.478. The van der Waals surface area contributed by atoms with E-state index in [1.54, 1.807) is 11.3 Å². The van der Waals surface area contributed by atoms with Crippen molar-refractivity contribution in [2.45, 2.75) is 30.0 Å². The molecule has 0 radical (unpaired) electrons. The van der Waals surface area contributed by atoms with E-state index in [9.17, 15) is 9.59 Å². The number of amides is 1. The Labute approximate surface area is 169 Å². The smallest absolute Gasteiger partial charge is 0.341 e. The van der Waals surface area contributed by atoms with Crippen LogP contribution in [0.15, 0.2) is 28.6 Å². The van der Waals surface area contributed by atoms with Crippen LogP contribution in [0.3, 0.4) is 0 Å². The fourth-order valence-electron chi connectivity index (χ4n) is 3.17. The summed E-state index contributed by atoms with van der Waals surface area (Å²) >= 11 is 4.50. The van der Waals surface area contributed by atoms with Crippen molar-refractivity contribution in [2.24, 2.45) is 0 Å². The topological polar surface area (TPSA) is 68.3 Å². The van der Waals surface area contributed by atoms with Crippen LogP contribution in [0, 0.1) is 0 Å². The standard InChI is InChI=1S/C19H18N2O3S3/c1-24-18(23)16-11-6-2-4-8-13(11)26-17(16)21-15(22)10-25-19-20-12-7-3-5-9-14(12)27-19/h3,5,7,9H,2,4,6,8,10H2,1H3,(H,21,22). The molecular formula is C19H18N2O3S3. The van der Waals surface area contributed by atoms with E-state index in [2.05, 4.69) is 10.3 Å². The van der Waals surface area contributed by atoms with E-state index in [4.69, 9.17) is 4.74 Å². The number of methoxy groups -OCH3 is 1. The summed E-state index contributed by atoms with van der Waals surface area (Å²) in [5, 5.41) is 3.54. The van der Waals surface area contributed by atoms with Gasteiger partial charge >= 0.3 is 5.97 Å². The maximum absolute atomic E-state index is 12.5. The van der Waals surface area contributed by atoms with E-state index < -0.39 is 0 Å². The fraction of sp³-hybridized carbons (Fsp3) is 0.316. The van der Waals surface area contributed by atoms with Crippen LogP contribution in [0.25, 0.3) is 10.2 Å². The highest BCUT2D eigenvalue weighted by molar-refractivity contribution is 8.01. The average Bonchev–Trinajstić information content (AvgIpc) is 3.26. The molecule has 2 aromatic heterocycles. The van der Waals surface area contributed by atoms with Gasteiger partial charge in [-0.05, 0) is 43.4 Å². The van der Waals surface area contributed by atoms with Gasteiger partial charge in [0.25, 0.3) is 0 Å². The number of fused-ring (bicyclic) bond motifs is 2. The van der Waals surface area contributed by atoms with Gasteiger partial charge in [0.2, 0.25) is 5.91 Å². The Kier molecular flexibility index (Phi) is 5.47. The second-order valence-electron chi connectivity index (χ2n) is 6.19. The summed E-state index contributed by atoms with van der Waals surface area (Å²) in [6, 6.07) is 7.93. The second kappa shape index (κ2) is 8.00. The monoisotopic (exact) mass is 418 g/mol. The maximum Gasteiger partial charge on any atom is 0.341 e. The van der Waals surface area contributed by atoms with Gasteiger partial charge in [-0.25, -0.2) is 9.78 Å². The van der Waals surface area contributed by atoms with Crippen LogP contribution < -0.4 is 5.32 Å². The summed E-state index contributed by atoms with van der Waals surface area (Å²) in [6.07, 6.45) is 4.01. The van der Waals surface area contributed by atoms with Gasteiger partial charge in [-0.1, -0.05) is 23.9 Å². The second-order valence-corrected chi connectivity index (χ2v) is 9.55. The Morgan fingerprint density at radius 1 is 1.22 bits per heavy atom. The minimum Gasteiger partial charge on any atom is -0.465 e. The lowest BCUT2D eigenvalue weighted by molar-refractivity contribution is -0.113. The van der Waals surface area contributed by atoms with Crippen molar-refractivity contribution in [3.05, 3.63) is 40.3 Å². The van der Waals surface area contributed by atoms with Gasteiger partial charge in [-0.15, -0.1) is 22.7 Å². The molecule has 1 aromatic carbocycles. The van der Waals surface area contributed by atoms with E-state index in [-0.39, 0.29) is 17.6 Å². The number of benzene rings is 1. The molecule has 140 valence electrons. The highest BCUT2D eigenvalue weighted by Crippen LogP contribution is 2.38. The zero-order valence-corrected chi connectivity index (χ0v) is 17.2. The first-order valence-electron chi connectivity index (χ1n) is 8.67. The molecule has 0 bridgehead atoms.